The summed E-state index contributed by atoms with van der Waals surface area (Å²) in [6.07, 6.45) is -4.89. The van der Waals surface area contributed by atoms with Gasteiger partial charge in [0.15, 0.2) is 5.75 Å². The van der Waals surface area contributed by atoms with Crippen LogP contribution in [0, 0.1) is 0 Å². The quantitative estimate of drug-likeness (QED) is 0.583. The molecule has 156 valence electrons. The van der Waals surface area contributed by atoms with Crippen molar-refractivity contribution in [2.24, 2.45) is 0 Å². The number of carbonyl (C=O) groups is 1. The zero-order valence-electron chi connectivity index (χ0n) is 15.4. The Labute approximate surface area is 171 Å². The highest BCUT2D eigenvalue weighted by Crippen LogP contribution is 2.35. The molecule has 9 heteroatoms. The summed E-state index contributed by atoms with van der Waals surface area (Å²) in [6, 6.07) is 18.1. The first-order chi connectivity index (χ1) is 14.2. The fourth-order valence-corrected chi connectivity index (χ4v) is 3.85. The van der Waals surface area contributed by atoms with Gasteiger partial charge in [-0.3, -0.25) is 4.79 Å². The van der Waals surface area contributed by atoms with Gasteiger partial charge in [0.25, 0.3) is 5.91 Å². The van der Waals surface area contributed by atoms with Crippen molar-refractivity contribution in [1.82, 2.24) is 5.32 Å². The molecule has 0 aliphatic carbocycles. The lowest BCUT2D eigenvalue weighted by Gasteiger charge is -2.15. The van der Waals surface area contributed by atoms with E-state index in [1.165, 1.54) is 24.3 Å². The number of nitrogens with one attached hydrogen (secondary N) is 1. The zero-order chi connectivity index (χ0) is 21.8. The Balaban J connectivity index is 1.87. The smallest absolute Gasteiger partial charge is 0.378 e. The van der Waals surface area contributed by atoms with Gasteiger partial charge in [-0.15, -0.1) is 0 Å². The third-order valence-electron chi connectivity index (χ3n) is 4.09. The van der Waals surface area contributed by atoms with E-state index >= 15 is 0 Å². The summed E-state index contributed by atoms with van der Waals surface area (Å²) in [5.41, 5.74) is -0.659. The van der Waals surface area contributed by atoms with E-state index in [2.05, 4.69) is 5.32 Å². The van der Waals surface area contributed by atoms with Gasteiger partial charge in [-0.05, 0) is 29.8 Å². The summed E-state index contributed by atoms with van der Waals surface area (Å²) in [5.74, 6) is -1.01. The number of benzene rings is 3. The van der Waals surface area contributed by atoms with Gasteiger partial charge < -0.3 is 9.50 Å². The van der Waals surface area contributed by atoms with Crippen LogP contribution in [-0.2, 0) is 22.8 Å². The van der Waals surface area contributed by atoms with Crippen molar-refractivity contribution in [1.29, 1.82) is 0 Å². The zero-order valence-corrected chi connectivity index (χ0v) is 16.2. The van der Waals surface area contributed by atoms with Gasteiger partial charge in [0, 0.05) is 6.54 Å². The minimum Gasteiger partial charge on any atom is -0.378 e. The molecule has 0 bridgehead atoms. The monoisotopic (exact) mass is 435 g/mol. The van der Waals surface area contributed by atoms with Crippen molar-refractivity contribution in [3.63, 3.8) is 0 Å². The largest absolute Gasteiger partial charge is 0.417 e. The van der Waals surface area contributed by atoms with Crippen LogP contribution in [0.25, 0.3) is 0 Å². The van der Waals surface area contributed by atoms with E-state index in [4.69, 9.17) is 4.18 Å². The molecular formula is C21H16F3NO4S. The third-order valence-corrected chi connectivity index (χ3v) is 5.38. The summed E-state index contributed by atoms with van der Waals surface area (Å²) in [4.78, 5) is 11.5. The van der Waals surface area contributed by atoms with E-state index in [9.17, 15) is 26.4 Å². The van der Waals surface area contributed by atoms with Crippen molar-refractivity contribution in [3.8, 4) is 5.75 Å². The fourth-order valence-electron chi connectivity index (χ4n) is 2.68. The highest BCUT2D eigenvalue weighted by molar-refractivity contribution is 7.87. The molecule has 3 aromatic rings. The molecule has 0 aliphatic rings. The van der Waals surface area contributed by atoms with E-state index in [1.807, 2.05) is 6.07 Å². The predicted octanol–water partition coefficient (Wildman–Crippen LogP) is 4.40. The number of carbonyl (C=O) groups excluding carboxylic acids is 1. The second kappa shape index (κ2) is 8.58. The number of halogens is 3. The van der Waals surface area contributed by atoms with Crippen LogP contribution in [0.2, 0.25) is 0 Å². The maximum Gasteiger partial charge on any atom is 0.417 e. The Bertz CT molecular complexity index is 1150. The molecule has 1 amide bonds. The Morgan fingerprint density at radius 3 is 2.17 bits per heavy atom. The van der Waals surface area contributed by atoms with Crippen molar-refractivity contribution in [3.05, 3.63) is 95.6 Å². The number of hydrogen-bond donors (Lipinski definition) is 1. The van der Waals surface area contributed by atoms with Gasteiger partial charge in [-0.2, -0.15) is 21.6 Å². The van der Waals surface area contributed by atoms with E-state index in [-0.39, 0.29) is 17.9 Å². The van der Waals surface area contributed by atoms with E-state index in [1.54, 1.807) is 24.3 Å². The molecule has 0 saturated heterocycles. The minimum atomic E-state index is -4.89. The average molecular weight is 435 g/mol. The molecule has 3 rings (SSSR count). The van der Waals surface area contributed by atoms with Crippen LogP contribution < -0.4 is 9.50 Å². The summed E-state index contributed by atoms with van der Waals surface area (Å²) >= 11 is 0. The van der Waals surface area contributed by atoms with E-state index in [0.717, 1.165) is 23.8 Å². The van der Waals surface area contributed by atoms with Crippen LogP contribution in [0.4, 0.5) is 13.2 Å². The molecule has 0 saturated carbocycles. The van der Waals surface area contributed by atoms with Crippen molar-refractivity contribution >= 4 is 16.0 Å². The number of rotatable bonds is 6. The van der Waals surface area contributed by atoms with Crippen LogP contribution in [0.15, 0.2) is 83.8 Å². The highest BCUT2D eigenvalue weighted by atomic mass is 32.2. The highest BCUT2D eigenvalue weighted by Gasteiger charge is 2.38. The first kappa shape index (κ1) is 21.4. The van der Waals surface area contributed by atoms with Gasteiger partial charge in [0.2, 0.25) is 0 Å². The Morgan fingerprint density at radius 2 is 1.47 bits per heavy atom. The first-order valence-electron chi connectivity index (χ1n) is 8.70. The standard InChI is InChI=1S/C21H16F3NO4S/c22-21(23,24)17-11-5-7-13-19(17)30(27,28)29-18-12-6-4-10-16(18)20(26)25-14-15-8-2-1-3-9-15/h1-13H,14H2,(H,25,26). The summed E-state index contributed by atoms with van der Waals surface area (Å²) < 4.78 is 69.7. The second-order valence-electron chi connectivity index (χ2n) is 6.20. The van der Waals surface area contributed by atoms with Crippen molar-refractivity contribution in [2.75, 3.05) is 0 Å². The summed E-state index contributed by atoms with van der Waals surface area (Å²) in [7, 11) is -4.85. The summed E-state index contributed by atoms with van der Waals surface area (Å²) in [6.45, 7) is 0.178. The maximum atomic E-state index is 13.2. The van der Waals surface area contributed by atoms with E-state index < -0.39 is 32.7 Å². The van der Waals surface area contributed by atoms with Gasteiger partial charge in [0.1, 0.15) is 4.90 Å². The molecular weight excluding hydrogens is 419 g/mol. The van der Waals surface area contributed by atoms with Gasteiger partial charge in [-0.1, -0.05) is 54.6 Å². The average Bonchev–Trinajstić information content (AvgIpc) is 2.72. The van der Waals surface area contributed by atoms with Gasteiger partial charge in [0.05, 0.1) is 11.1 Å². The van der Waals surface area contributed by atoms with Gasteiger partial charge >= 0.3 is 16.3 Å². The predicted molar refractivity (Wildman–Crippen MR) is 103 cm³/mol. The molecule has 0 fully saturated rings. The molecule has 0 aliphatic heterocycles. The molecule has 0 radical (unpaired) electrons. The van der Waals surface area contributed by atoms with Crippen LogP contribution in [0.1, 0.15) is 21.5 Å². The Hall–Kier alpha value is -3.33. The lowest BCUT2D eigenvalue weighted by molar-refractivity contribution is -0.139. The van der Waals surface area contributed by atoms with Gasteiger partial charge in [-0.25, -0.2) is 0 Å². The molecule has 0 atom stereocenters. The van der Waals surface area contributed by atoms with Crippen LogP contribution in [0.5, 0.6) is 5.75 Å². The Kier molecular flexibility index (Phi) is 6.12. The maximum absolute atomic E-state index is 13.2. The normalized spacial score (nSPS) is 11.7. The summed E-state index contributed by atoms with van der Waals surface area (Å²) in [5, 5.41) is 2.62. The number of alkyl halides is 3. The molecule has 30 heavy (non-hydrogen) atoms. The van der Waals surface area contributed by atoms with Crippen LogP contribution >= 0.6 is 0 Å². The van der Waals surface area contributed by atoms with Crippen molar-refractivity contribution in [2.45, 2.75) is 17.6 Å². The fraction of sp³-hybridized carbons (Fsp3) is 0.0952. The lowest BCUT2D eigenvalue weighted by atomic mass is 10.1. The van der Waals surface area contributed by atoms with E-state index in [0.29, 0.717) is 6.07 Å². The molecule has 5 nitrogen and oxygen atoms in total. The Morgan fingerprint density at radius 1 is 0.867 bits per heavy atom. The number of para-hydroxylation sites is 1. The van der Waals surface area contributed by atoms with Crippen molar-refractivity contribution < 1.29 is 30.6 Å². The molecule has 3 aromatic carbocycles. The number of hydrogen-bond acceptors (Lipinski definition) is 4. The molecule has 0 heterocycles. The third kappa shape index (κ3) is 4.98. The SMILES string of the molecule is O=C(NCc1ccccc1)c1ccccc1OS(=O)(=O)c1ccccc1C(F)(F)F. The van der Waals surface area contributed by atoms with Crippen LogP contribution in [-0.4, -0.2) is 14.3 Å². The second-order valence-corrected chi connectivity index (χ2v) is 7.71. The number of amides is 1. The molecule has 1 N–H and O–H groups in total. The minimum absolute atomic E-state index is 0.124. The molecule has 0 aromatic heterocycles. The van der Waals surface area contributed by atoms with Crippen LogP contribution in [0.3, 0.4) is 0 Å². The first-order valence-corrected chi connectivity index (χ1v) is 10.1. The molecule has 0 unspecified atom stereocenters. The molecule has 0 spiro atoms. The topological polar surface area (TPSA) is 72.5 Å². The lowest BCUT2D eigenvalue weighted by Crippen LogP contribution is -2.24.